The van der Waals surface area contributed by atoms with Crippen LogP contribution in [-0.4, -0.2) is 65.7 Å². The topological polar surface area (TPSA) is 107 Å². The van der Waals surface area contributed by atoms with Crippen LogP contribution >= 0.6 is 0 Å². The van der Waals surface area contributed by atoms with Crippen LogP contribution in [-0.2, 0) is 24.0 Å². The third-order valence-corrected chi connectivity index (χ3v) is 4.83. The zero-order valence-electron chi connectivity index (χ0n) is 14.2. The zero-order chi connectivity index (χ0) is 17.3. The number of rotatable bonds is 4. The summed E-state index contributed by atoms with van der Waals surface area (Å²) in [7, 11) is 1.36. The average Bonchev–Trinajstić information content (AvgIpc) is 2.51. The van der Waals surface area contributed by atoms with Gasteiger partial charge in [0.05, 0.1) is 25.4 Å². The number of hydrogen-bond acceptors (Lipinski definition) is 8. The summed E-state index contributed by atoms with van der Waals surface area (Å²) < 4.78 is 17.0. The zero-order valence-corrected chi connectivity index (χ0v) is 14.2. The van der Waals surface area contributed by atoms with Crippen LogP contribution in [0.5, 0.6) is 0 Å². The molecule has 0 saturated carbocycles. The maximum atomic E-state index is 10.3. The van der Waals surface area contributed by atoms with E-state index in [9.17, 15) is 15.3 Å². The van der Waals surface area contributed by atoms with Gasteiger partial charge in [-0.05, 0) is 6.92 Å². The fourth-order valence-corrected chi connectivity index (χ4v) is 3.05. The molecule has 2 rings (SSSR count). The summed E-state index contributed by atoms with van der Waals surface area (Å²) in [5.74, 6) is -1.12. The van der Waals surface area contributed by atoms with Gasteiger partial charge in [-0.3, -0.25) is 0 Å². The van der Waals surface area contributed by atoms with Gasteiger partial charge in [0.2, 0.25) is 0 Å². The fourth-order valence-electron chi connectivity index (χ4n) is 3.05. The van der Waals surface area contributed by atoms with Gasteiger partial charge in [-0.25, -0.2) is 9.78 Å². The van der Waals surface area contributed by atoms with Gasteiger partial charge in [0.15, 0.2) is 18.9 Å². The van der Waals surface area contributed by atoms with Gasteiger partial charge in [-0.15, -0.1) is 0 Å². The largest absolute Gasteiger partial charge is 0.392 e. The van der Waals surface area contributed by atoms with Crippen LogP contribution in [0.15, 0.2) is 0 Å². The Bertz CT molecular complexity index is 380. The van der Waals surface area contributed by atoms with E-state index in [0.29, 0.717) is 0 Å². The Morgan fingerprint density at radius 2 is 1.39 bits per heavy atom. The molecule has 8 nitrogen and oxygen atoms in total. The van der Waals surface area contributed by atoms with Crippen molar-refractivity contribution in [1.82, 2.24) is 0 Å². The van der Waals surface area contributed by atoms with Crippen molar-refractivity contribution >= 4 is 0 Å². The molecule has 0 aromatic carbocycles. The third-order valence-electron chi connectivity index (χ3n) is 4.83. The van der Waals surface area contributed by atoms with E-state index in [1.54, 1.807) is 27.7 Å². The molecule has 8 heteroatoms. The van der Waals surface area contributed by atoms with Crippen LogP contribution in [0, 0.1) is 17.8 Å². The van der Waals surface area contributed by atoms with Gasteiger partial charge in [0.1, 0.15) is 6.10 Å². The Hall–Kier alpha value is -0.320. The predicted molar refractivity (Wildman–Crippen MR) is 77.7 cm³/mol. The summed E-state index contributed by atoms with van der Waals surface area (Å²) in [6.45, 7) is 6.98. The van der Waals surface area contributed by atoms with E-state index in [1.807, 2.05) is 0 Å². The molecule has 2 saturated heterocycles. The van der Waals surface area contributed by atoms with E-state index in [-0.39, 0.29) is 11.8 Å². The van der Waals surface area contributed by atoms with Crippen molar-refractivity contribution in [2.24, 2.45) is 17.8 Å². The standard InChI is InChI=1S/C15H28O8/c1-6-11(17)12(9(4)20-13(6)18)21-14-7(2)10(16)8(3)15(22-14)23-19-5/h6-18H,1-5H3/t6?,7-,8-,9?,10?,11+,12+,13+,14+,15?/m0/s1. The third kappa shape index (κ3) is 3.85. The number of aliphatic hydroxyl groups excluding tert-OH is 3. The monoisotopic (exact) mass is 336 g/mol. The van der Waals surface area contributed by atoms with Crippen molar-refractivity contribution in [3.63, 3.8) is 0 Å². The number of ether oxygens (including phenoxy) is 3. The van der Waals surface area contributed by atoms with Crippen molar-refractivity contribution in [2.75, 3.05) is 7.11 Å². The van der Waals surface area contributed by atoms with Gasteiger partial charge in [-0.2, -0.15) is 0 Å². The van der Waals surface area contributed by atoms with Crippen molar-refractivity contribution in [3.05, 3.63) is 0 Å². The molecule has 2 heterocycles. The first kappa shape index (κ1) is 19.0. The summed E-state index contributed by atoms with van der Waals surface area (Å²) in [5, 5.41) is 30.4. The summed E-state index contributed by atoms with van der Waals surface area (Å²) in [5.41, 5.74) is 0. The van der Waals surface area contributed by atoms with Crippen LogP contribution < -0.4 is 0 Å². The van der Waals surface area contributed by atoms with Crippen molar-refractivity contribution in [1.29, 1.82) is 0 Å². The Labute approximate surface area is 136 Å². The van der Waals surface area contributed by atoms with E-state index in [1.165, 1.54) is 7.11 Å². The SMILES string of the molecule is COOC1O[C@@H](O[C@@H]2C(C)O[C@@H](O)C(C)[C@H]2O)[C@@H](C)C(O)[C@@H]1C. The number of aliphatic hydroxyl groups is 3. The Balaban J connectivity index is 2.08. The second-order valence-corrected chi connectivity index (χ2v) is 6.53. The molecule has 0 bridgehead atoms. The first-order valence-corrected chi connectivity index (χ1v) is 7.98. The first-order chi connectivity index (χ1) is 10.8. The molecule has 2 fully saturated rings. The van der Waals surface area contributed by atoms with Crippen molar-refractivity contribution < 1.29 is 39.3 Å². The summed E-state index contributed by atoms with van der Waals surface area (Å²) in [6, 6.07) is 0. The molecule has 0 aliphatic carbocycles. The second kappa shape index (κ2) is 7.71. The van der Waals surface area contributed by atoms with Crippen molar-refractivity contribution in [2.45, 2.75) is 71.0 Å². The van der Waals surface area contributed by atoms with E-state index in [2.05, 4.69) is 4.89 Å². The molecule has 0 aromatic heterocycles. The molecule has 4 unspecified atom stereocenters. The average molecular weight is 336 g/mol. The van der Waals surface area contributed by atoms with Gasteiger partial charge in [0.25, 0.3) is 0 Å². The first-order valence-electron chi connectivity index (χ1n) is 7.98. The van der Waals surface area contributed by atoms with Gasteiger partial charge >= 0.3 is 0 Å². The summed E-state index contributed by atoms with van der Waals surface area (Å²) in [4.78, 5) is 9.68. The summed E-state index contributed by atoms with van der Waals surface area (Å²) >= 11 is 0. The minimum Gasteiger partial charge on any atom is -0.392 e. The molecule has 0 spiro atoms. The van der Waals surface area contributed by atoms with Crippen LogP contribution in [0.25, 0.3) is 0 Å². The molecule has 2 aliphatic rings. The Kier molecular flexibility index (Phi) is 6.37. The van der Waals surface area contributed by atoms with Gasteiger partial charge in [0, 0.05) is 17.8 Å². The Morgan fingerprint density at radius 1 is 0.783 bits per heavy atom. The van der Waals surface area contributed by atoms with Gasteiger partial charge in [-0.1, -0.05) is 20.8 Å². The van der Waals surface area contributed by atoms with Crippen LogP contribution in [0.4, 0.5) is 0 Å². The highest BCUT2D eigenvalue weighted by Crippen LogP contribution is 2.35. The number of hydrogen-bond donors (Lipinski definition) is 3. The lowest BCUT2D eigenvalue weighted by Crippen LogP contribution is -2.58. The minimum atomic E-state index is -1.04. The fraction of sp³-hybridized carbons (Fsp3) is 1.00. The normalized spacial score (nSPS) is 51.7. The molecule has 2 aliphatic heterocycles. The maximum Gasteiger partial charge on any atom is 0.199 e. The van der Waals surface area contributed by atoms with E-state index in [0.717, 1.165) is 0 Å². The predicted octanol–water partition coefficient (Wildman–Crippen LogP) is -0.000800. The molecule has 0 radical (unpaired) electrons. The lowest BCUT2D eigenvalue weighted by atomic mass is 9.89. The molecule has 136 valence electrons. The van der Waals surface area contributed by atoms with Gasteiger partial charge < -0.3 is 29.5 Å². The quantitative estimate of drug-likeness (QED) is 0.486. The highest BCUT2D eigenvalue weighted by atomic mass is 17.2. The molecular weight excluding hydrogens is 308 g/mol. The Morgan fingerprint density at radius 3 is 2.00 bits per heavy atom. The smallest absolute Gasteiger partial charge is 0.199 e. The lowest BCUT2D eigenvalue weighted by molar-refractivity contribution is -0.433. The molecule has 0 aromatic rings. The van der Waals surface area contributed by atoms with Crippen LogP contribution in [0.3, 0.4) is 0 Å². The van der Waals surface area contributed by atoms with Crippen molar-refractivity contribution in [3.8, 4) is 0 Å². The minimum absolute atomic E-state index is 0.296. The highest BCUT2D eigenvalue weighted by Gasteiger charge is 2.47. The van der Waals surface area contributed by atoms with E-state index >= 15 is 0 Å². The molecular formula is C15H28O8. The molecule has 3 N–H and O–H groups in total. The van der Waals surface area contributed by atoms with E-state index in [4.69, 9.17) is 19.1 Å². The lowest BCUT2D eigenvalue weighted by Gasteiger charge is -2.46. The van der Waals surface area contributed by atoms with Crippen LogP contribution in [0.1, 0.15) is 27.7 Å². The summed E-state index contributed by atoms with van der Waals surface area (Å²) in [6.07, 6.45) is -5.46. The van der Waals surface area contributed by atoms with E-state index < -0.39 is 49.2 Å². The second-order valence-electron chi connectivity index (χ2n) is 6.53. The molecule has 23 heavy (non-hydrogen) atoms. The highest BCUT2D eigenvalue weighted by molar-refractivity contribution is 4.88. The maximum absolute atomic E-state index is 10.3. The molecule has 10 atom stereocenters. The van der Waals surface area contributed by atoms with Crippen LogP contribution in [0.2, 0.25) is 0 Å². The molecule has 0 amide bonds.